The minimum absolute atomic E-state index is 0.0850. The lowest BCUT2D eigenvalue weighted by atomic mass is 9.99. The Labute approximate surface area is 515 Å². The van der Waals surface area contributed by atoms with Gasteiger partial charge in [0.1, 0.15) is 53.9 Å². The predicted octanol–water partition coefficient (Wildman–Crippen LogP) is -2.47. The van der Waals surface area contributed by atoms with Crippen LogP contribution in [-0.2, 0) is 78.5 Å². The van der Waals surface area contributed by atoms with Gasteiger partial charge in [-0.2, -0.15) is 0 Å². The number of hydrogen-bond acceptors (Lipinski definition) is 17. The Morgan fingerprint density at radius 1 is 0.449 bits per heavy atom. The number of nitrogens with one attached hydrogen (secondary N) is 11. The molecule has 89 heavy (non-hydrogen) atoms. The lowest BCUT2D eigenvalue weighted by molar-refractivity contribution is -0.141. The molecule has 0 aromatic heterocycles. The van der Waals surface area contributed by atoms with Crippen LogP contribution in [0.25, 0.3) is 0 Å². The van der Waals surface area contributed by atoms with Crippen LogP contribution in [-0.4, -0.2) is 183 Å². The summed E-state index contributed by atoms with van der Waals surface area (Å²) in [5.41, 5.74) is 10.1. The first-order valence-electron chi connectivity index (χ1n) is 29.5. The lowest BCUT2D eigenvalue weighted by Crippen LogP contribution is -2.63. The molecule has 1 aromatic carbocycles. The zero-order valence-electron chi connectivity index (χ0n) is 51.3. The van der Waals surface area contributed by atoms with Gasteiger partial charge in [-0.3, -0.25) is 71.9 Å². The third-order valence-corrected chi connectivity index (χ3v) is 13.8. The standard InChI is InChI=1S/C57H91N13O19/c1-7-9-18-34(49(82)67-39(23-27-44(74)75)53(86)68-40(24-28-45(76)77)52(85)66-38(22-26-43(72)73)48(81)62-32(3)47(80)60-6)63-51(84)37(21-25-42(59)71)65-50(83)35(20-14-15-29-58)69-56(89)57(4,5)70-55(88)36(19-10-8-2)64-54(87)41(30-46(78)79)61-31-33-16-12-11-13-17-33/h11-13,16-17,32,34-41,61H,7-10,14-15,18-31,58H2,1-6H3,(H2,59,71)(H,60,80)(H,62,81)(H,63,84)(H,64,87)(H,65,83)(H,66,85)(H,67,82)(H,68,86)(H,69,89)(H,70,88)(H,72,73)(H,74,75)(H,76,77)(H,78,79)/t32-,34-,35-,36-,37-,38-,39-,40-,41-/m0/s1. The highest BCUT2D eigenvalue weighted by Crippen LogP contribution is 2.14. The largest absolute Gasteiger partial charge is 0.481 e. The second kappa shape index (κ2) is 41.4. The number of carbonyl (C=O) groups is 15. The van der Waals surface area contributed by atoms with Crippen molar-refractivity contribution in [3.63, 3.8) is 0 Å². The molecule has 9 atom stereocenters. The number of carboxylic acid groups (broad SMARTS) is 4. The number of amides is 11. The van der Waals surface area contributed by atoms with Gasteiger partial charge in [0.2, 0.25) is 65.0 Å². The number of likely N-dealkylation sites (N-methyl/N-ethyl adjacent to an activating group) is 1. The predicted molar refractivity (Wildman–Crippen MR) is 318 cm³/mol. The van der Waals surface area contributed by atoms with Crippen molar-refractivity contribution >= 4 is 88.9 Å². The molecule has 32 heteroatoms. The number of primary amides is 1. The maximum atomic E-state index is 14.3. The number of unbranched alkanes of at least 4 members (excludes halogenated alkanes) is 3. The molecule has 0 spiro atoms. The minimum atomic E-state index is -1.82. The Morgan fingerprint density at radius 3 is 1.18 bits per heavy atom. The first-order valence-corrected chi connectivity index (χ1v) is 29.5. The average molecular weight is 1260 g/mol. The van der Waals surface area contributed by atoms with Crippen molar-refractivity contribution < 1.29 is 92.3 Å². The number of rotatable bonds is 46. The molecule has 0 saturated heterocycles. The van der Waals surface area contributed by atoms with Crippen LogP contribution in [0.4, 0.5) is 0 Å². The van der Waals surface area contributed by atoms with E-state index in [2.05, 4.69) is 58.5 Å². The van der Waals surface area contributed by atoms with Crippen LogP contribution in [0.3, 0.4) is 0 Å². The lowest BCUT2D eigenvalue weighted by Gasteiger charge is -2.31. The van der Waals surface area contributed by atoms with E-state index in [4.69, 9.17) is 11.5 Å². The second-order valence-electron chi connectivity index (χ2n) is 21.7. The molecule has 0 saturated carbocycles. The topological polar surface area (TPSA) is 521 Å². The zero-order valence-corrected chi connectivity index (χ0v) is 51.3. The molecule has 32 nitrogen and oxygen atoms in total. The molecule has 11 amide bonds. The molecule has 0 aliphatic rings. The van der Waals surface area contributed by atoms with Crippen LogP contribution in [0.1, 0.15) is 156 Å². The third-order valence-electron chi connectivity index (χ3n) is 13.8. The SMILES string of the molecule is CCCC[C@H](NC(=O)[C@H](CCC(N)=O)NC(=O)[C@H](CCCCN)NC(=O)C(C)(C)NC(=O)[C@H](CCCC)NC(=O)[C@H](CC(=O)O)NCc1ccccc1)C(=O)N[C@@H](CCC(=O)O)C(=O)N[C@@H](CCC(=O)O)C(=O)N[C@@H](CCC(=O)O)C(=O)N[C@@H](C)C(=O)NC. The fourth-order valence-electron chi connectivity index (χ4n) is 8.57. The number of carbonyl (C=O) groups excluding carboxylic acids is 11. The fraction of sp³-hybridized carbons (Fsp3) is 0.632. The van der Waals surface area contributed by atoms with Crippen molar-refractivity contribution in [3.05, 3.63) is 35.9 Å². The van der Waals surface area contributed by atoms with Gasteiger partial charge < -0.3 is 90.4 Å². The molecule has 19 N–H and O–H groups in total. The van der Waals surface area contributed by atoms with Crippen LogP contribution in [0, 0.1) is 0 Å². The van der Waals surface area contributed by atoms with E-state index in [1.54, 1.807) is 37.3 Å². The van der Waals surface area contributed by atoms with Gasteiger partial charge in [-0.25, -0.2) is 0 Å². The van der Waals surface area contributed by atoms with Gasteiger partial charge >= 0.3 is 23.9 Å². The molecule has 0 bridgehead atoms. The summed E-state index contributed by atoms with van der Waals surface area (Å²) in [7, 11) is 1.28. The summed E-state index contributed by atoms with van der Waals surface area (Å²) < 4.78 is 0. The smallest absolute Gasteiger partial charge is 0.305 e. The summed E-state index contributed by atoms with van der Waals surface area (Å²) in [6, 6.07) is -4.76. The molecule has 0 aliphatic heterocycles. The summed E-state index contributed by atoms with van der Waals surface area (Å²) >= 11 is 0. The number of nitrogens with two attached hydrogens (primary N) is 2. The van der Waals surface area contributed by atoms with Crippen molar-refractivity contribution in [1.82, 2.24) is 58.5 Å². The van der Waals surface area contributed by atoms with E-state index in [0.717, 1.165) is 5.56 Å². The van der Waals surface area contributed by atoms with E-state index in [9.17, 15) is 92.3 Å². The Hall–Kier alpha value is -8.81. The third kappa shape index (κ3) is 31.6. The molecule has 0 radical (unpaired) electrons. The quantitative estimate of drug-likeness (QED) is 0.0301. The van der Waals surface area contributed by atoms with Gasteiger partial charge in [0.25, 0.3) is 0 Å². The van der Waals surface area contributed by atoms with Crippen molar-refractivity contribution in [1.29, 1.82) is 0 Å². The highest BCUT2D eigenvalue weighted by atomic mass is 16.4. The van der Waals surface area contributed by atoms with Crippen molar-refractivity contribution in [2.75, 3.05) is 13.6 Å². The van der Waals surface area contributed by atoms with E-state index in [0.29, 0.717) is 25.7 Å². The van der Waals surface area contributed by atoms with E-state index in [1.807, 2.05) is 6.92 Å². The Morgan fingerprint density at radius 2 is 0.809 bits per heavy atom. The molecule has 0 aliphatic carbocycles. The maximum absolute atomic E-state index is 14.3. The van der Waals surface area contributed by atoms with E-state index < -0.39 is 207 Å². The fourth-order valence-corrected chi connectivity index (χ4v) is 8.57. The van der Waals surface area contributed by atoms with Gasteiger partial charge in [0, 0.05) is 39.3 Å². The Balaban J connectivity index is 3.57. The van der Waals surface area contributed by atoms with Gasteiger partial charge in [-0.05, 0) is 90.7 Å². The van der Waals surface area contributed by atoms with Crippen molar-refractivity contribution in [2.24, 2.45) is 11.5 Å². The van der Waals surface area contributed by atoms with Crippen molar-refractivity contribution in [3.8, 4) is 0 Å². The molecule has 1 aromatic rings. The van der Waals surface area contributed by atoms with Crippen molar-refractivity contribution in [2.45, 2.75) is 217 Å². The number of carboxylic acids is 4. The van der Waals surface area contributed by atoms with E-state index in [-0.39, 0.29) is 45.2 Å². The van der Waals surface area contributed by atoms with Crippen LogP contribution < -0.4 is 70.0 Å². The molecule has 1 rings (SSSR count). The van der Waals surface area contributed by atoms with Gasteiger partial charge in [-0.15, -0.1) is 0 Å². The molecule has 0 fully saturated rings. The van der Waals surface area contributed by atoms with Crippen LogP contribution >= 0.6 is 0 Å². The molecule has 0 unspecified atom stereocenters. The number of benzene rings is 1. The number of aliphatic carboxylic acids is 4. The van der Waals surface area contributed by atoms with Crippen LogP contribution in [0.15, 0.2) is 30.3 Å². The number of hydrogen-bond donors (Lipinski definition) is 17. The summed E-state index contributed by atoms with van der Waals surface area (Å²) in [5.74, 6) is -16.2. The summed E-state index contributed by atoms with van der Waals surface area (Å²) in [6.45, 7) is 7.81. The second-order valence-corrected chi connectivity index (χ2v) is 21.7. The molecular weight excluding hydrogens is 1170 g/mol. The first-order chi connectivity index (χ1) is 41.9. The highest BCUT2D eigenvalue weighted by Gasteiger charge is 2.38. The van der Waals surface area contributed by atoms with E-state index >= 15 is 0 Å². The van der Waals surface area contributed by atoms with Crippen LogP contribution in [0.2, 0.25) is 0 Å². The average Bonchev–Trinajstić information content (AvgIpc) is 3.08. The van der Waals surface area contributed by atoms with Gasteiger partial charge in [0.15, 0.2) is 0 Å². The first kappa shape index (κ1) is 78.2. The summed E-state index contributed by atoms with van der Waals surface area (Å²) in [6.07, 6.45) is -3.48. The van der Waals surface area contributed by atoms with E-state index in [1.165, 1.54) is 27.8 Å². The normalized spacial score (nSPS) is 14.1. The highest BCUT2D eigenvalue weighted by molar-refractivity contribution is 6.00. The van der Waals surface area contributed by atoms with Gasteiger partial charge in [-0.1, -0.05) is 69.9 Å². The Bertz CT molecular complexity index is 2590. The Kier molecular flexibility index (Phi) is 36.3. The molecular formula is C57H91N13O19. The zero-order chi connectivity index (χ0) is 67.4. The summed E-state index contributed by atoms with van der Waals surface area (Å²) in [5, 5.41) is 65.2. The minimum Gasteiger partial charge on any atom is -0.481 e. The maximum Gasteiger partial charge on any atom is 0.305 e. The van der Waals surface area contributed by atoms with Crippen LogP contribution in [0.5, 0.6) is 0 Å². The summed E-state index contributed by atoms with van der Waals surface area (Å²) in [4.78, 5) is 196. The molecule has 498 valence electrons. The molecule has 0 heterocycles. The van der Waals surface area contributed by atoms with Gasteiger partial charge in [0.05, 0.1) is 12.5 Å². The monoisotopic (exact) mass is 1260 g/mol.